The Morgan fingerprint density at radius 1 is 1.38 bits per heavy atom. The summed E-state index contributed by atoms with van der Waals surface area (Å²) in [6.45, 7) is 3.85. The molecule has 1 aromatic carbocycles. The average molecular weight is 382 g/mol. The minimum absolute atomic E-state index is 0.236. The van der Waals surface area contributed by atoms with Gasteiger partial charge < -0.3 is 10.2 Å². The molecule has 0 atom stereocenters. The molecule has 0 amide bonds. The van der Waals surface area contributed by atoms with Crippen molar-refractivity contribution in [2.24, 2.45) is 0 Å². The van der Waals surface area contributed by atoms with Crippen LogP contribution in [0.25, 0.3) is 0 Å². The predicted molar refractivity (Wildman–Crippen MR) is 85.2 cm³/mol. The van der Waals surface area contributed by atoms with Crippen molar-refractivity contribution < 1.29 is 12.8 Å². The van der Waals surface area contributed by atoms with Gasteiger partial charge in [0.1, 0.15) is 10.7 Å². The zero-order chi connectivity index (χ0) is 16.0. The maximum Gasteiger partial charge on any atom is 0.243 e. The fourth-order valence-electron chi connectivity index (χ4n) is 1.74. The van der Waals surface area contributed by atoms with Gasteiger partial charge in [0.25, 0.3) is 0 Å². The fourth-order valence-corrected chi connectivity index (χ4v) is 3.56. The Bertz CT molecular complexity index is 581. The van der Waals surface area contributed by atoms with Gasteiger partial charge in [0.2, 0.25) is 10.0 Å². The number of benzene rings is 1. The molecule has 1 rings (SSSR count). The van der Waals surface area contributed by atoms with E-state index in [1.807, 2.05) is 18.9 Å². The lowest BCUT2D eigenvalue weighted by atomic mass is 10.2. The highest BCUT2D eigenvalue weighted by Crippen LogP contribution is 2.24. The van der Waals surface area contributed by atoms with Gasteiger partial charge in [-0.15, -0.1) is 0 Å². The lowest BCUT2D eigenvalue weighted by Gasteiger charge is -2.15. The Morgan fingerprint density at radius 3 is 2.62 bits per heavy atom. The normalized spacial score (nSPS) is 12.1. The van der Waals surface area contributed by atoms with E-state index in [1.54, 1.807) is 13.1 Å². The monoisotopic (exact) mass is 381 g/mol. The summed E-state index contributed by atoms with van der Waals surface area (Å²) < 4.78 is 41.7. The maximum atomic E-state index is 14.3. The summed E-state index contributed by atoms with van der Waals surface area (Å²) in [4.78, 5) is 1.63. The number of hydrogen-bond donors (Lipinski definition) is 2. The molecule has 21 heavy (non-hydrogen) atoms. The molecular formula is C13H21BrFN3O2S. The number of halogens is 2. The Labute approximate surface area is 134 Å². The van der Waals surface area contributed by atoms with Crippen molar-refractivity contribution >= 4 is 26.0 Å². The second kappa shape index (κ2) is 8.19. The molecule has 0 aliphatic carbocycles. The van der Waals surface area contributed by atoms with Gasteiger partial charge in [-0.25, -0.2) is 17.5 Å². The standard InChI is InChI=1S/C13H21BrFN3O2S/c1-4-18(3)6-5-17-21(19,20)12-8-11(14)7-10(9-16-2)13(12)15/h7-8,16-17H,4-6,9H2,1-3H3. The largest absolute Gasteiger partial charge is 0.316 e. The van der Waals surface area contributed by atoms with Crippen LogP contribution in [0.3, 0.4) is 0 Å². The molecular weight excluding hydrogens is 361 g/mol. The van der Waals surface area contributed by atoms with Crippen molar-refractivity contribution in [2.75, 3.05) is 33.7 Å². The molecule has 1 aromatic rings. The van der Waals surface area contributed by atoms with E-state index in [-0.39, 0.29) is 18.0 Å². The van der Waals surface area contributed by atoms with Gasteiger partial charge in [-0.1, -0.05) is 22.9 Å². The molecule has 0 aromatic heterocycles. The summed E-state index contributed by atoms with van der Waals surface area (Å²) in [6, 6.07) is 2.84. The van der Waals surface area contributed by atoms with Crippen LogP contribution >= 0.6 is 15.9 Å². The van der Waals surface area contributed by atoms with E-state index in [0.717, 1.165) is 6.54 Å². The highest BCUT2D eigenvalue weighted by molar-refractivity contribution is 9.10. The van der Waals surface area contributed by atoms with Gasteiger partial charge in [0, 0.05) is 29.7 Å². The molecule has 0 heterocycles. The number of rotatable bonds is 8. The number of nitrogens with zero attached hydrogens (tertiary/aromatic N) is 1. The Morgan fingerprint density at radius 2 is 2.05 bits per heavy atom. The van der Waals surface area contributed by atoms with Crippen LogP contribution in [-0.2, 0) is 16.6 Å². The van der Waals surface area contributed by atoms with Crippen LogP contribution < -0.4 is 10.0 Å². The van der Waals surface area contributed by atoms with Crippen molar-refractivity contribution in [3.63, 3.8) is 0 Å². The highest BCUT2D eigenvalue weighted by atomic mass is 79.9. The van der Waals surface area contributed by atoms with Crippen LogP contribution in [0.15, 0.2) is 21.5 Å². The molecule has 0 saturated heterocycles. The number of hydrogen-bond acceptors (Lipinski definition) is 4. The first kappa shape index (κ1) is 18.5. The molecule has 0 fully saturated rings. The molecule has 2 N–H and O–H groups in total. The van der Waals surface area contributed by atoms with Gasteiger partial charge in [0.15, 0.2) is 0 Å². The minimum Gasteiger partial charge on any atom is -0.316 e. The van der Waals surface area contributed by atoms with Crippen LogP contribution in [0.4, 0.5) is 4.39 Å². The average Bonchev–Trinajstić information content (AvgIpc) is 2.42. The lowest BCUT2D eigenvalue weighted by Crippen LogP contribution is -2.33. The predicted octanol–water partition coefficient (Wildman–Crippen LogP) is 1.54. The zero-order valence-electron chi connectivity index (χ0n) is 12.4. The molecule has 120 valence electrons. The molecule has 5 nitrogen and oxygen atoms in total. The summed E-state index contributed by atoms with van der Waals surface area (Å²) in [5.74, 6) is -0.719. The van der Waals surface area contributed by atoms with Gasteiger partial charge in [-0.3, -0.25) is 0 Å². The number of sulfonamides is 1. The Balaban J connectivity index is 2.97. The summed E-state index contributed by atoms with van der Waals surface area (Å²) in [7, 11) is -0.306. The van der Waals surface area contributed by atoms with Crippen LogP contribution in [0, 0.1) is 5.82 Å². The van der Waals surface area contributed by atoms with E-state index >= 15 is 0 Å². The molecule has 8 heteroatoms. The number of likely N-dealkylation sites (N-methyl/N-ethyl adjacent to an activating group) is 1. The van der Waals surface area contributed by atoms with Crippen molar-refractivity contribution in [3.8, 4) is 0 Å². The summed E-state index contributed by atoms with van der Waals surface area (Å²) in [6.07, 6.45) is 0. The van der Waals surface area contributed by atoms with Crippen LogP contribution in [-0.4, -0.2) is 47.0 Å². The summed E-state index contributed by atoms with van der Waals surface area (Å²) in [5.41, 5.74) is 0.304. The van der Waals surface area contributed by atoms with Gasteiger partial charge in [-0.05, 0) is 32.8 Å². The van der Waals surface area contributed by atoms with E-state index in [2.05, 4.69) is 26.0 Å². The smallest absolute Gasteiger partial charge is 0.243 e. The zero-order valence-corrected chi connectivity index (χ0v) is 14.8. The first-order valence-electron chi connectivity index (χ1n) is 6.62. The highest BCUT2D eigenvalue weighted by Gasteiger charge is 2.22. The van der Waals surface area contributed by atoms with E-state index in [9.17, 15) is 12.8 Å². The van der Waals surface area contributed by atoms with Gasteiger partial charge in [0.05, 0.1) is 0 Å². The molecule has 0 spiro atoms. The minimum atomic E-state index is -3.87. The van der Waals surface area contributed by atoms with Crippen molar-refractivity contribution in [2.45, 2.75) is 18.4 Å². The lowest BCUT2D eigenvalue weighted by molar-refractivity contribution is 0.357. The molecule has 0 bridgehead atoms. The van der Waals surface area contributed by atoms with Gasteiger partial charge in [-0.2, -0.15) is 0 Å². The van der Waals surface area contributed by atoms with Crippen LogP contribution in [0.2, 0.25) is 0 Å². The molecule has 0 saturated carbocycles. The van der Waals surface area contributed by atoms with E-state index < -0.39 is 15.8 Å². The van der Waals surface area contributed by atoms with Crippen molar-refractivity contribution in [3.05, 3.63) is 28.0 Å². The van der Waals surface area contributed by atoms with Crippen molar-refractivity contribution in [1.29, 1.82) is 0 Å². The van der Waals surface area contributed by atoms with Crippen molar-refractivity contribution in [1.82, 2.24) is 14.9 Å². The summed E-state index contributed by atoms with van der Waals surface area (Å²) >= 11 is 3.22. The Hall–Kier alpha value is -0.540. The SMILES string of the molecule is CCN(C)CCNS(=O)(=O)c1cc(Br)cc(CNC)c1F. The van der Waals surface area contributed by atoms with E-state index in [4.69, 9.17) is 0 Å². The third-order valence-corrected chi connectivity index (χ3v) is 4.98. The van der Waals surface area contributed by atoms with E-state index in [1.165, 1.54) is 6.07 Å². The third-order valence-electron chi connectivity index (χ3n) is 3.06. The first-order valence-corrected chi connectivity index (χ1v) is 8.90. The van der Waals surface area contributed by atoms with Crippen LogP contribution in [0.5, 0.6) is 0 Å². The quantitative estimate of drug-likeness (QED) is 0.716. The van der Waals surface area contributed by atoms with E-state index in [0.29, 0.717) is 16.6 Å². The maximum absolute atomic E-state index is 14.3. The Kier molecular flexibility index (Phi) is 7.22. The molecule has 0 aliphatic rings. The summed E-state index contributed by atoms with van der Waals surface area (Å²) in [5, 5.41) is 2.81. The second-order valence-corrected chi connectivity index (χ2v) is 7.35. The van der Waals surface area contributed by atoms with Gasteiger partial charge >= 0.3 is 0 Å². The first-order chi connectivity index (χ1) is 9.81. The number of nitrogens with one attached hydrogen (secondary N) is 2. The molecule has 0 aliphatic heterocycles. The topological polar surface area (TPSA) is 61.4 Å². The molecule has 0 radical (unpaired) electrons. The third kappa shape index (κ3) is 5.30. The second-order valence-electron chi connectivity index (χ2n) is 4.70. The fraction of sp³-hybridized carbons (Fsp3) is 0.538. The van der Waals surface area contributed by atoms with Crippen LogP contribution in [0.1, 0.15) is 12.5 Å². The molecule has 0 unspecified atom stereocenters.